The fraction of sp³-hybridized carbons (Fsp3) is 0. The highest BCUT2D eigenvalue weighted by molar-refractivity contribution is 7.19. The third-order valence-electron chi connectivity index (χ3n) is 10.6. The van der Waals surface area contributed by atoms with Crippen molar-refractivity contribution in [2.75, 3.05) is 9.80 Å². The molecule has 0 unspecified atom stereocenters. The van der Waals surface area contributed by atoms with E-state index in [9.17, 15) is 0 Å². The molecule has 286 valence electrons. The lowest BCUT2D eigenvalue weighted by molar-refractivity contribution is 1.24. The monoisotopic (exact) mass is 806 g/mol. The number of pyridine rings is 2. The summed E-state index contributed by atoms with van der Waals surface area (Å²) in [7, 11) is 0. The third-order valence-corrected chi connectivity index (χ3v) is 12.9. The van der Waals surface area contributed by atoms with Gasteiger partial charge < -0.3 is 9.80 Å². The Morgan fingerprint density at radius 2 is 0.483 bits per heavy atom. The minimum atomic E-state index is 1.05. The van der Waals surface area contributed by atoms with Crippen molar-refractivity contribution in [1.29, 1.82) is 0 Å². The van der Waals surface area contributed by atoms with Gasteiger partial charge in [0.25, 0.3) is 0 Å². The summed E-state index contributed by atoms with van der Waals surface area (Å²) in [6.45, 7) is 0. The summed E-state index contributed by atoms with van der Waals surface area (Å²) in [4.78, 5) is 18.2. The molecule has 4 aromatic heterocycles. The molecule has 0 spiro atoms. The van der Waals surface area contributed by atoms with Gasteiger partial charge in [-0.05, 0) is 130 Å². The number of benzene rings is 6. The van der Waals surface area contributed by atoms with Crippen LogP contribution in [0, 0.1) is 0 Å². The van der Waals surface area contributed by atoms with E-state index < -0.39 is 0 Å². The van der Waals surface area contributed by atoms with Crippen LogP contribution in [0.25, 0.3) is 52.9 Å². The van der Waals surface area contributed by atoms with E-state index in [2.05, 4.69) is 226 Å². The number of nitrogens with zero attached hydrogens (tertiary/aromatic N) is 4. The fourth-order valence-electron chi connectivity index (χ4n) is 7.54. The van der Waals surface area contributed by atoms with E-state index in [-0.39, 0.29) is 0 Å². The first-order valence-electron chi connectivity index (χ1n) is 19.9. The van der Waals surface area contributed by atoms with Gasteiger partial charge in [-0.2, -0.15) is 0 Å². The Balaban J connectivity index is 0.899. The summed E-state index contributed by atoms with van der Waals surface area (Å²) in [5, 5.41) is 0. The van der Waals surface area contributed by atoms with E-state index in [0.29, 0.717) is 0 Å². The Morgan fingerprint density at radius 3 is 0.783 bits per heavy atom. The summed E-state index contributed by atoms with van der Waals surface area (Å²) in [5.74, 6) is 0. The predicted molar refractivity (Wildman–Crippen MR) is 254 cm³/mol. The third kappa shape index (κ3) is 7.77. The van der Waals surface area contributed by atoms with E-state index >= 15 is 0 Å². The molecule has 4 nitrogen and oxygen atoms in total. The highest BCUT2D eigenvalue weighted by Gasteiger charge is 2.16. The highest BCUT2D eigenvalue weighted by atomic mass is 32.1. The second-order valence-corrected chi connectivity index (χ2v) is 16.5. The van der Waals surface area contributed by atoms with Crippen LogP contribution in [0.2, 0.25) is 0 Å². The van der Waals surface area contributed by atoms with Crippen molar-refractivity contribution < 1.29 is 0 Å². The zero-order valence-electron chi connectivity index (χ0n) is 32.5. The lowest BCUT2D eigenvalue weighted by Gasteiger charge is -2.26. The van der Waals surface area contributed by atoms with Gasteiger partial charge in [0.15, 0.2) is 0 Å². The molecule has 0 saturated heterocycles. The summed E-state index contributed by atoms with van der Waals surface area (Å²) in [6, 6.07) is 73.5. The van der Waals surface area contributed by atoms with E-state index in [4.69, 9.17) is 0 Å². The molecule has 0 aliphatic heterocycles. The van der Waals surface area contributed by atoms with Crippen molar-refractivity contribution in [3.05, 3.63) is 231 Å². The second kappa shape index (κ2) is 16.8. The van der Waals surface area contributed by atoms with Crippen molar-refractivity contribution in [2.45, 2.75) is 0 Å². The molecule has 0 aliphatic carbocycles. The maximum atomic E-state index is 4.30. The normalized spacial score (nSPS) is 11.0. The lowest BCUT2D eigenvalue weighted by Crippen LogP contribution is -2.10. The molecule has 10 aromatic rings. The van der Waals surface area contributed by atoms with Gasteiger partial charge in [0.05, 0.1) is 0 Å². The van der Waals surface area contributed by atoms with Crippen molar-refractivity contribution >= 4 is 56.8 Å². The average molecular weight is 807 g/mol. The molecule has 0 saturated carbocycles. The van der Waals surface area contributed by atoms with Gasteiger partial charge in [-0.3, -0.25) is 9.97 Å². The average Bonchev–Trinajstić information content (AvgIpc) is 4.04. The molecule has 6 heteroatoms. The lowest BCUT2D eigenvalue weighted by atomic mass is 10.0. The number of thiophene rings is 2. The highest BCUT2D eigenvalue weighted by Crippen LogP contribution is 2.41. The predicted octanol–water partition coefficient (Wildman–Crippen LogP) is 15.9. The Bertz CT molecular complexity index is 2720. The van der Waals surface area contributed by atoms with Crippen molar-refractivity contribution in [2.24, 2.45) is 0 Å². The molecule has 0 N–H and O–H groups in total. The molecule has 0 fully saturated rings. The van der Waals surface area contributed by atoms with Gasteiger partial charge in [-0.25, -0.2) is 0 Å². The number of hydrogen-bond acceptors (Lipinski definition) is 6. The van der Waals surface area contributed by atoms with Crippen LogP contribution in [0.5, 0.6) is 0 Å². The minimum Gasteiger partial charge on any atom is -0.310 e. The molecule has 0 bridgehead atoms. The Kier molecular flexibility index (Phi) is 10.4. The topological polar surface area (TPSA) is 32.3 Å². The number of aromatic nitrogens is 2. The van der Waals surface area contributed by atoms with E-state index in [1.807, 2.05) is 47.5 Å². The first kappa shape index (κ1) is 36.9. The van der Waals surface area contributed by atoms with Gasteiger partial charge >= 0.3 is 0 Å². The summed E-state index contributed by atoms with van der Waals surface area (Å²) >= 11 is 3.64. The molecule has 6 aromatic carbocycles. The van der Waals surface area contributed by atoms with E-state index in [1.54, 1.807) is 0 Å². The molecule has 0 atom stereocenters. The van der Waals surface area contributed by atoms with E-state index in [0.717, 1.165) is 45.3 Å². The van der Waals surface area contributed by atoms with Crippen LogP contribution in [0.1, 0.15) is 0 Å². The van der Waals surface area contributed by atoms with Gasteiger partial charge in [-0.1, -0.05) is 109 Å². The maximum Gasteiger partial charge on any atom is 0.0492 e. The van der Waals surface area contributed by atoms with Crippen LogP contribution in [0.3, 0.4) is 0 Å². The SMILES string of the molecule is c1ccc(-c2ccc(-c3ccc(N(c4ccncc4)c4ccc(-c5ccc(N(c6ccncc6)c6ccc(-c7ccc(-c8ccccc8)s7)cc6)cc5)cc4)cc3)s2)cc1. The zero-order valence-corrected chi connectivity index (χ0v) is 34.2. The first-order valence-corrected chi connectivity index (χ1v) is 21.5. The second-order valence-electron chi connectivity index (χ2n) is 14.3. The van der Waals surface area contributed by atoms with Gasteiger partial charge in [0.1, 0.15) is 0 Å². The van der Waals surface area contributed by atoms with Gasteiger partial charge in [-0.15, -0.1) is 22.7 Å². The van der Waals surface area contributed by atoms with Gasteiger partial charge in [0, 0.05) is 78.4 Å². The molecule has 0 radical (unpaired) electrons. The summed E-state index contributed by atoms with van der Waals surface area (Å²) in [5.41, 5.74) is 13.6. The van der Waals surface area contributed by atoms with Crippen molar-refractivity contribution in [3.63, 3.8) is 0 Å². The summed E-state index contributed by atoms with van der Waals surface area (Å²) < 4.78 is 0. The standard InChI is InChI=1S/C54H38N4S2/c1-3-7-41(8-4-1)51-27-29-53(59-51)43-15-23-47(24-16-43)57(49-31-35-55-36-32-49)45-19-11-39(12-20-45)40-13-21-46(22-14-40)58(50-33-37-56-38-34-50)48-25-17-44(18-26-48)54-30-28-52(60-54)42-9-5-2-6-10-42/h1-38H. The van der Waals surface area contributed by atoms with Crippen LogP contribution in [0.4, 0.5) is 34.1 Å². The van der Waals surface area contributed by atoms with Crippen LogP contribution in [0.15, 0.2) is 231 Å². The quantitative estimate of drug-likeness (QED) is 0.130. The largest absolute Gasteiger partial charge is 0.310 e. The Morgan fingerprint density at radius 1 is 0.233 bits per heavy atom. The van der Waals surface area contributed by atoms with Crippen LogP contribution < -0.4 is 9.80 Å². The summed E-state index contributed by atoms with van der Waals surface area (Å²) in [6.07, 6.45) is 7.38. The molecular weight excluding hydrogens is 769 g/mol. The molecule has 10 rings (SSSR count). The van der Waals surface area contributed by atoms with Gasteiger partial charge in [0.2, 0.25) is 0 Å². The van der Waals surface area contributed by atoms with E-state index in [1.165, 1.54) is 41.8 Å². The van der Waals surface area contributed by atoms with Crippen molar-refractivity contribution in [1.82, 2.24) is 9.97 Å². The minimum absolute atomic E-state index is 1.05. The number of rotatable bonds is 11. The molecular formula is C54H38N4S2. The van der Waals surface area contributed by atoms with Crippen molar-refractivity contribution in [3.8, 4) is 52.9 Å². The molecule has 0 aliphatic rings. The Labute approximate surface area is 358 Å². The number of hydrogen-bond donors (Lipinski definition) is 0. The zero-order chi connectivity index (χ0) is 40.1. The first-order chi connectivity index (χ1) is 29.7. The maximum absolute atomic E-state index is 4.30. The van der Waals surface area contributed by atoms with Crippen LogP contribution in [-0.4, -0.2) is 9.97 Å². The molecule has 4 heterocycles. The molecule has 0 amide bonds. The Hall–Kier alpha value is -7.38. The van der Waals surface area contributed by atoms with Crippen LogP contribution in [-0.2, 0) is 0 Å². The van der Waals surface area contributed by atoms with Crippen LogP contribution >= 0.6 is 22.7 Å². The fourth-order valence-corrected chi connectivity index (χ4v) is 9.57. The number of anilines is 6. The smallest absolute Gasteiger partial charge is 0.0492 e. The molecule has 60 heavy (non-hydrogen) atoms.